The molecule has 12 aromatic rings. The highest BCUT2D eigenvalue weighted by molar-refractivity contribution is 6.12. The molecular formula is C56H36N4. The zero-order valence-corrected chi connectivity index (χ0v) is 32.6. The van der Waals surface area contributed by atoms with E-state index in [0.717, 1.165) is 44.6 Å². The predicted octanol–water partition coefficient (Wildman–Crippen LogP) is 14.5. The number of aromatic nitrogens is 4. The molecule has 0 spiro atoms. The molecular weight excluding hydrogens is 729 g/mol. The lowest BCUT2D eigenvalue weighted by molar-refractivity contribution is 1.17. The standard InChI is InChI=1S/C56H36N4/c1-3-13-37(14-4-1)38-23-29-44(30-24-38)60-51-21-11-8-17-45(51)47-33-27-42(36-54(47)60)41-28-34-53-49(35-41)46-18-9-12-22-52(46)59(53)43-31-25-40(26-32-43)56-57-50-20-10-7-19-48(50)55(58-56)39-15-5-2-6-16-39/h1-36H. The lowest BCUT2D eigenvalue weighted by Gasteiger charge is -2.12. The topological polar surface area (TPSA) is 35.6 Å². The molecule has 0 amide bonds. The van der Waals surface area contributed by atoms with Crippen LogP contribution in [0.4, 0.5) is 0 Å². The fourth-order valence-corrected chi connectivity index (χ4v) is 9.07. The van der Waals surface area contributed by atoms with E-state index in [9.17, 15) is 0 Å². The van der Waals surface area contributed by atoms with E-state index in [4.69, 9.17) is 9.97 Å². The van der Waals surface area contributed by atoms with Crippen LogP contribution in [-0.2, 0) is 0 Å². The molecule has 0 aliphatic carbocycles. The Balaban J connectivity index is 0.950. The molecule has 0 N–H and O–H groups in total. The van der Waals surface area contributed by atoms with E-state index in [2.05, 4.69) is 209 Å². The summed E-state index contributed by atoms with van der Waals surface area (Å²) >= 11 is 0. The summed E-state index contributed by atoms with van der Waals surface area (Å²) in [4.78, 5) is 10.1. The van der Waals surface area contributed by atoms with Crippen molar-refractivity contribution in [3.05, 3.63) is 218 Å². The second-order valence-corrected chi connectivity index (χ2v) is 15.4. The largest absolute Gasteiger partial charge is 0.309 e. The number of hydrogen-bond acceptors (Lipinski definition) is 2. The summed E-state index contributed by atoms with van der Waals surface area (Å²) in [6, 6.07) is 78.1. The maximum absolute atomic E-state index is 5.12. The number of nitrogens with zero attached hydrogens (tertiary/aromatic N) is 4. The Bertz CT molecular complexity index is 3560. The van der Waals surface area contributed by atoms with Gasteiger partial charge in [0.25, 0.3) is 0 Å². The van der Waals surface area contributed by atoms with E-state index in [0.29, 0.717) is 5.82 Å². The molecule has 0 radical (unpaired) electrons. The highest BCUT2D eigenvalue weighted by Crippen LogP contribution is 2.39. The average Bonchev–Trinajstić information content (AvgIpc) is 3.84. The summed E-state index contributed by atoms with van der Waals surface area (Å²) < 4.78 is 4.78. The summed E-state index contributed by atoms with van der Waals surface area (Å²) in [5.41, 5.74) is 15.7. The van der Waals surface area contributed by atoms with Crippen LogP contribution < -0.4 is 0 Å². The molecule has 0 fully saturated rings. The Hall–Kier alpha value is -8.08. The van der Waals surface area contributed by atoms with Gasteiger partial charge in [0, 0.05) is 49.4 Å². The number of rotatable bonds is 6. The van der Waals surface area contributed by atoms with Gasteiger partial charge in [-0.2, -0.15) is 0 Å². The first-order valence-electron chi connectivity index (χ1n) is 20.4. The molecule has 0 saturated carbocycles. The lowest BCUT2D eigenvalue weighted by Crippen LogP contribution is -1.97. The fourth-order valence-electron chi connectivity index (χ4n) is 9.07. The van der Waals surface area contributed by atoms with E-state index in [1.54, 1.807) is 0 Å². The molecule has 12 rings (SSSR count). The van der Waals surface area contributed by atoms with Crippen molar-refractivity contribution in [2.75, 3.05) is 0 Å². The average molecular weight is 765 g/mol. The highest BCUT2D eigenvalue weighted by atomic mass is 15.0. The number of hydrogen-bond donors (Lipinski definition) is 0. The molecule has 0 bridgehead atoms. The van der Waals surface area contributed by atoms with Gasteiger partial charge in [-0.05, 0) is 95.1 Å². The van der Waals surface area contributed by atoms with Crippen LogP contribution in [-0.4, -0.2) is 19.1 Å². The van der Waals surface area contributed by atoms with Gasteiger partial charge < -0.3 is 9.13 Å². The molecule has 0 aliphatic heterocycles. The normalized spacial score (nSPS) is 11.7. The van der Waals surface area contributed by atoms with Crippen LogP contribution >= 0.6 is 0 Å². The maximum Gasteiger partial charge on any atom is 0.160 e. The summed E-state index contributed by atoms with van der Waals surface area (Å²) in [6.45, 7) is 0. The second-order valence-electron chi connectivity index (χ2n) is 15.4. The highest BCUT2D eigenvalue weighted by Gasteiger charge is 2.17. The van der Waals surface area contributed by atoms with Crippen LogP contribution in [0.3, 0.4) is 0 Å². The molecule has 60 heavy (non-hydrogen) atoms. The quantitative estimate of drug-likeness (QED) is 0.169. The molecule has 3 heterocycles. The third kappa shape index (κ3) is 5.53. The monoisotopic (exact) mass is 764 g/mol. The lowest BCUT2D eigenvalue weighted by atomic mass is 10.0. The van der Waals surface area contributed by atoms with Gasteiger partial charge in [0.05, 0.1) is 33.3 Å². The number of fused-ring (bicyclic) bond motifs is 7. The molecule has 0 aliphatic rings. The first kappa shape index (κ1) is 34.0. The first-order valence-corrected chi connectivity index (χ1v) is 20.4. The summed E-state index contributed by atoms with van der Waals surface area (Å²) in [5, 5.41) is 5.98. The van der Waals surface area contributed by atoms with Crippen molar-refractivity contribution >= 4 is 54.5 Å². The molecule has 4 nitrogen and oxygen atoms in total. The smallest absolute Gasteiger partial charge is 0.160 e. The van der Waals surface area contributed by atoms with E-state index in [-0.39, 0.29) is 0 Å². The Morgan fingerprint density at radius 2 is 0.733 bits per heavy atom. The van der Waals surface area contributed by atoms with Crippen molar-refractivity contribution in [2.45, 2.75) is 0 Å². The molecule has 0 saturated heterocycles. The van der Waals surface area contributed by atoms with Gasteiger partial charge in [0.1, 0.15) is 0 Å². The second kappa shape index (κ2) is 13.8. The Morgan fingerprint density at radius 1 is 0.267 bits per heavy atom. The Morgan fingerprint density at radius 3 is 1.43 bits per heavy atom. The van der Waals surface area contributed by atoms with Crippen LogP contribution in [0.25, 0.3) is 111 Å². The van der Waals surface area contributed by atoms with Gasteiger partial charge in [0.2, 0.25) is 0 Å². The Kier molecular flexibility index (Phi) is 7.82. The molecule has 280 valence electrons. The fraction of sp³-hybridized carbons (Fsp3) is 0. The Labute approximate surface area is 346 Å². The van der Waals surface area contributed by atoms with Crippen LogP contribution in [0.5, 0.6) is 0 Å². The molecule has 0 atom stereocenters. The van der Waals surface area contributed by atoms with Crippen molar-refractivity contribution in [1.29, 1.82) is 0 Å². The number of para-hydroxylation sites is 3. The number of benzene rings is 9. The molecule has 4 heteroatoms. The minimum Gasteiger partial charge on any atom is -0.309 e. The predicted molar refractivity (Wildman–Crippen MR) is 250 cm³/mol. The zero-order chi connectivity index (χ0) is 39.6. The van der Waals surface area contributed by atoms with E-state index in [1.165, 1.54) is 60.3 Å². The van der Waals surface area contributed by atoms with Crippen molar-refractivity contribution in [3.8, 4) is 56.3 Å². The minimum atomic E-state index is 0.714. The molecule has 3 aromatic heterocycles. The third-order valence-corrected chi connectivity index (χ3v) is 11.9. The van der Waals surface area contributed by atoms with Crippen molar-refractivity contribution in [1.82, 2.24) is 19.1 Å². The first-order chi connectivity index (χ1) is 29.7. The van der Waals surface area contributed by atoms with Gasteiger partial charge in [-0.3, -0.25) is 0 Å². The summed E-state index contributed by atoms with van der Waals surface area (Å²) in [5.74, 6) is 0.714. The van der Waals surface area contributed by atoms with Crippen LogP contribution in [0.1, 0.15) is 0 Å². The SMILES string of the molecule is c1ccc(-c2ccc(-n3c4ccccc4c4ccc(-c5ccc6c(c5)c5ccccc5n6-c5ccc(-c6nc(-c7ccccc7)c7ccccc7n6)cc5)cc43)cc2)cc1. The van der Waals surface area contributed by atoms with Crippen molar-refractivity contribution in [2.24, 2.45) is 0 Å². The van der Waals surface area contributed by atoms with E-state index < -0.39 is 0 Å². The van der Waals surface area contributed by atoms with Crippen LogP contribution in [0.15, 0.2) is 218 Å². The van der Waals surface area contributed by atoms with E-state index >= 15 is 0 Å². The summed E-state index contributed by atoms with van der Waals surface area (Å²) in [7, 11) is 0. The minimum absolute atomic E-state index is 0.714. The van der Waals surface area contributed by atoms with Gasteiger partial charge in [-0.15, -0.1) is 0 Å². The third-order valence-electron chi connectivity index (χ3n) is 11.9. The zero-order valence-electron chi connectivity index (χ0n) is 32.6. The van der Waals surface area contributed by atoms with Gasteiger partial charge in [-0.25, -0.2) is 9.97 Å². The van der Waals surface area contributed by atoms with Crippen LogP contribution in [0, 0.1) is 0 Å². The maximum atomic E-state index is 5.12. The molecule has 9 aromatic carbocycles. The van der Waals surface area contributed by atoms with Gasteiger partial charge in [-0.1, -0.05) is 146 Å². The van der Waals surface area contributed by atoms with E-state index in [1.807, 2.05) is 18.2 Å². The van der Waals surface area contributed by atoms with Gasteiger partial charge >= 0.3 is 0 Å². The summed E-state index contributed by atoms with van der Waals surface area (Å²) in [6.07, 6.45) is 0. The van der Waals surface area contributed by atoms with Crippen molar-refractivity contribution in [3.63, 3.8) is 0 Å². The molecule has 0 unspecified atom stereocenters. The van der Waals surface area contributed by atoms with Crippen LogP contribution in [0.2, 0.25) is 0 Å². The van der Waals surface area contributed by atoms with Crippen molar-refractivity contribution < 1.29 is 0 Å². The van der Waals surface area contributed by atoms with Gasteiger partial charge in [0.15, 0.2) is 5.82 Å².